The number of halogens is 1. The van der Waals surface area contributed by atoms with Crippen LogP contribution in [0, 0.1) is 0 Å². The van der Waals surface area contributed by atoms with Gasteiger partial charge in [-0.2, -0.15) is 0 Å². The van der Waals surface area contributed by atoms with Crippen LogP contribution in [0.5, 0.6) is 0 Å². The van der Waals surface area contributed by atoms with Crippen molar-refractivity contribution < 1.29 is 14.6 Å². The van der Waals surface area contributed by atoms with Crippen molar-refractivity contribution in [2.75, 3.05) is 13.1 Å². The predicted octanol–water partition coefficient (Wildman–Crippen LogP) is 3.68. The Balaban J connectivity index is 1.61. The van der Waals surface area contributed by atoms with Gasteiger partial charge in [0.2, 0.25) is 0 Å². The summed E-state index contributed by atoms with van der Waals surface area (Å²) in [6.45, 7) is 0.971. The number of nitrogens with zero attached hydrogens (tertiary/aromatic N) is 1. The molecule has 0 bridgehead atoms. The van der Waals surface area contributed by atoms with Crippen LogP contribution in [0.4, 0.5) is 4.79 Å². The highest BCUT2D eigenvalue weighted by Crippen LogP contribution is 2.33. The molecule has 120 valence electrons. The number of likely N-dealkylation sites (tertiary alicyclic amines) is 1. The van der Waals surface area contributed by atoms with Crippen LogP contribution in [0.15, 0.2) is 59.1 Å². The second-order valence-corrected chi connectivity index (χ2v) is 6.67. The van der Waals surface area contributed by atoms with Gasteiger partial charge in [0.25, 0.3) is 0 Å². The molecule has 1 fully saturated rings. The fraction of sp³-hybridized carbons (Fsp3) is 0.278. The molecule has 1 aliphatic heterocycles. The van der Waals surface area contributed by atoms with Gasteiger partial charge in [0.1, 0.15) is 12.2 Å². The van der Waals surface area contributed by atoms with Crippen molar-refractivity contribution in [2.24, 2.45) is 0 Å². The van der Waals surface area contributed by atoms with Gasteiger partial charge in [0.15, 0.2) is 0 Å². The average Bonchev–Trinajstić information content (AvgIpc) is 2.97. The molecule has 1 heterocycles. The number of hydrogen-bond acceptors (Lipinski definition) is 3. The fourth-order valence-electron chi connectivity index (χ4n) is 2.77. The Morgan fingerprint density at radius 2 is 2.00 bits per heavy atom. The molecule has 0 spiro atoms. The van der Waals surface area contributed by atoms with Crippen molar-refractivity contribution in [3.8, 4) is 0 Å². The smallest absolute Gasteiger partial charge is 0.410 e. The second kappa shape index (κ2) is 6.72. The third-order valence-electron chi connectivity index (χ3n) is 4.07. The lowest BCUT2D eigenvalue weighted by Gasteiger charge is -2.24. The van der Waals surface area contributed by atoms with E-state index in [1.54, 1.807) is 4.90 Å². The van der Waals surface area contributed by atoms with Gasteiger partial charge in [0, 0.05) is 11.0 Å². The molecule has 4 nitrogen and oxygen atoms in total. The van der Waals surface area contributed by atoms with E-state index in [0.29, 0.717) is 13.0 Å². The van der Waals surface area contributed by atoms with E-state index in [-0.39, 0.29) is 19.2 Å². The normalized spacial score (nSPS) is 20.5. The van der Waals surface area contributed by atoms with E-state index in [1.807, 2.05) is 54.6 Å². The zero-order valence-corrected chi connectivity index (χ0v) is 14.2. The molecular formula is C18H18BrNO3. The first kappa shape index (κ1) is 16.0. The third kappa shape index (κ3) is 3.74. The molecule has 0 radical (unpaired) electrons. The molecule has 2 aromatic rings. The summed E-state index contributed by atoms with van der Waals surface area (Å²) in [5.41, 5.74) is 0.739. The summed E-state index contributed by atoms with van der Waals surface area (Å²) < 4.78 is 6.24. The molecule has 0 aromatic heterocycles. The van der Waals surface area contributed by atoms with E-state index in [0.717, 1.165) is 15.6 Å². The molecule has 5 heteroatoms. The van der Waals surface area contributed by atoms with E-state index in [2.05, 4.69) is 15.9 Å². The van der Waals surface area contributed by atoms with Crippen molar-refractivity contribution in [3.05, 3.63) is 70.2 Å². The number of benzene rings is 2. The highest BCUT2D eigenvalue weighted by atomic mass is 79.9. The summed E-state index contributed by atoms with van der Waals surface area (Å²) in [5.74, 6) is 0. The van der Waals surface area contributed by atoms with E-state index >= 15 is 0 Å². The highest BCUT2D eigenvalue weighted by Gasteiger charge is 2.40. The topological polar surface area (TPSA) is 49.8 Å². The van der Waals surface area contributed by atoms with Gasteiger partial charge >= 0.3 is 6.09 Å². The minimum absolute atomic E-state index is 0.242. The number of β-amino-alcohol motifs (C(OH)–C–C–N with tert-alkyl or cyclic N) is 1. The molecule has 1 N–H and O–H groups in total. The van der Waals surface area contributed by atoms with Crippen LogP contribution in [-0.4, -0.2) is 29.2 Å². The van der Waals surface area contributed by atoms with Gasteiger partial charge in [-0.25, -0.2) is 4.79 Å². The van der Waals surface area contributed by atoms with Crippen LogP contribution in [0.3, 0.4) is 0 Å². The lowest BCUT2D eigenvalue weighted by Crippen LogP contribution is -2.34. The molecule has 1 amide bonds. The molecule has 23 heavy (non-hydrogen) atoms. The van der Waals surface area contributed by atoms with Crippen LogP contribution in [0.2, 0.25) is 0 Å². The summed E-state index contributed by atoms with van der Waals surface area (Å²) in [5, 5.41) is 10.8. The van der Waals surface area contributed by atoms with Crippen molar-refractivity contribution in [3.63, 3.8) is 0 Å². The summed E-state index contributed by atoms with van der Waals surface area (Å²) in [6, 6.07) is 17.1. The zero-order chi connectivity index (χ0) is 16.3. The number of aliphatic hydroxyl groups is 1. The summed E-state index contributed by atoms with van der Waals surface area (Å²) in [4.78, 5) is 13.7. The first-order chi connectivity index (χ1) is 11.1. The van der Waals surface area contributed by atoms with Crippen LogP contribution in [-0.2, 0) is 16.9 Å². The van der Waals surface area contributed by atoms with Crippen LogP contribution >= 0.6 is 15.9 Å². The number of carbonyl (C=O) groups excluding carboxylic acids is 1. The maximum Gasteiger partial charge on any atom is 0.410 e. The standard InChI is InChI=1S/C18H18BrNO3/c19-16-8-4-7-15(11-16)18(22)9-10-20(13-18)17(21)23-12-14-5-2-1-3-6-14/h1-8,11,22H,9-10,12-13H2. The number of rotatable bonds is 3. The molecule has 2 aromatic carbocycles. The minimum Gasteiger partial charge on any atom is -0.445 e. The van der Waals surface area contributed by atoms with Gasteiger partial charge < -0.3 is 14.7 Å². The molecule has 1 atom stereocenters. The largest absolute Gasteiger partial charge is 0.445 e. The average molecular weight is 376 g/mol. The first-order valence-electron chi connectivity index (χ1n) is 7.51. The van der Waals surface area contributed by atoms with Gasteiger partial charge in [-0.3, -0.25) is 0 Å². The zero-order valence-electron chi connectivity index (χ0n) is 12.6. The van der Waals surface area contributed by atoms with Crippen LogP contribution < -0.4 is 0 Å². The van der Waals surface area contributed by atoms with E-state index < -0.39 is 5.60 Å². The summed E-state index contributed by atoms with van der Waals surface area (Å²) in [7, 11) is 0. The fourth-order valence-corrected chi connectivity index (χ4v) is 3.17. The molecule has 0 aliphatic carbocycles. The van der Waals surface area contributed by atoms with Gasteiger partial charge in [-0.1, -0.05) is 58.4 Å². The lowest BCUT2D eigenvalue weighted by atomic mass is 9.93. The highest BCUT2D eigenvalue weighted by molar-refractivity contribution is 9.10. The Hall–Kier alpha value is -1.85. The Labute approximate surface area is 143 Å². The van der Waals surface area contributed by atoms with Crippen molar-refractivity contribution in [1.82, 2.24) is 4.90 Å². The maximum atomic E-state index is 12.2. The lowest BCUT2D eigenvalue weighted by molar-refractivity contribution is 0.0407. The second-order valence-electron chi connectivity index (χ2n) is 5.75. The van der Waals surface area contributed by atoms with E-state index in [1.165, 1.54) is 0 Å². The maximum absolute atomic E-state index is 12.2. The molecule has 1 saturated heterocycles. The van der Waals surface area contributed by atoms with Gasteiger partial charge in [0.05, 0.1) is 6.54 Å². The van der Waals surface area contributed by atoms with Crippen LogP contribution in [0.1, 0.15) is 17.5 Å². The predicted molar refractivity (Wildman–Crippen MR) is 90.9 cm³/mol. The van der Waals surface area contributed by atoms with Gasteiger partial charge in [-0.05, 0) is 29.7 Å². The first-order valence-corrected chi connectivity index (χ1v) is 8.30. The summed E-state index contributed by atoms with van der Waals surface area (Å²) >= 11 is 3.41. The van der Waals surface area contributed by atoms with E-state index in [4.69, 9.17) is 4.74 Å². The molecule has 1 unspecified atom stereocenters. The molecular weight excluding hydrogens is 358 g/mol. The minimum atomic E-state index is -1.02. The number of ether oxygens (including phenoxy) is 1. The van der Waals surface area contributed by atoms with Crippen molar-refractivity contribution in [2.45, 2.75) is 18.6 Å². The van der Waals surface area contributed by atoms with E-state index in [9.17, 15) is 9.90 Å². The Morgan fingerprint density at radius 1 is 1.22 bits per heavy atom. The third-order valence-corrected chi connectivity index (χ3v) is 4.57. The number of carbonyl (C=O) groups is 1. The summed E-state index contributed by atoms with van der Waals surface area (Å²) in [6.07, 6.45) is 0.115. The Kier molecular flexibility index (Phi) is 4.68. The monoisotopic (exact) mass is 375 g/mol. The van der Waals surface area contributed by atoms with Gasteiger partial charge in [-0.15, -0.1) is 0 Å². The van der Waals surface area contributed by atoms with Crippen LogP contribution in [0.25, 0.3) is 0 Å². The number of amides is 1. The Morgan fingerprint density at radius 3 is 2.74 bits per heavy atom. The molecule has 1 aliphatic rings. The van der Waals surface area contributed by atoms with Crippen molar-refractivity contribution >= 4 is 22.0 Å². The Bertz CT molecular complexity index is 692. The van der Waals surface area contributed by atoms with Crippen molar-refractivity contribution in [1.29, 1.82) is 0 Å². The molecule has 3 rings (SSSR count). The quantitative estimate of drug-likeness (QED) is 0.889. The molecule has 0 saturated carbocycles. The SMILES string of the molecule is O=C(OCc1ccccc1)N1CCC(O)(c2cccc(Br)c2)C1. The number of hydrogen-bond donors (Lipinski definition) is 1.